The van der Waals surface area contributed by atoms with E-state index in [0.717, 1.165) is 0 Å². The molecule has 1 atom stereocenters. The van der Waals surface area contributed by atoms with Crippen molar-refractivity contribution in [1.82, 2.24) is 14.8 Å². The van der Waals surface area contributed by atoms with Gasteiger partial charge in [-0.1, -0.05) is 5.10 Å². The molecule has 0 bridgehead atoms. The van der Waals surface area contributed by atoms with Crippen molar-refractivity contribution in [3.63, 3.8) is 0 Å². The van der Waals surface area contributed by atoms with Gasteiger partial charge in [-0.2, -0.15) is 0 Å². The van der Waals surface area contributed by atoms with Crippen molar-refractivity contribution in [2.45, 2.75) is 26.4 Å². The van der Waals surface area contributed by atoms with Crippen LogP contribution in [0.1, 0.15) is 25.7 Å². The molecule has 0 radical (unpaired) electrons. The molecule has 21 heavy (non-hydrogen) atoms. The number of nitrogens with zero attached hydrogens (tertiary/aromatic N) is 3. The molecule has 0 saturated carbocycles. The lowest BCUT2D eigenvalue weighted by atomic mass is 10.3. The molecule has 0 saturated heterocycles. The van der Waals surface area contributed by atoms with E-state index in [1.54, 1.807) is 32.4 Å². The van der Waals surface area contributed by atoms with Gasteiger partial charge in [0.15, 0.2) is 17.3 Å². The Kier molecular flexibility index (Phi) is 4.64. The van der Waals surface area contributed by atoms with E-state index in [2.05, 4.69) is 10.2 Å². The zero-order valence-corrected chi connectivity index (χ0v) is 12.7. The van der Waals surface area contributed by atoms with Crippen LogP contribution in [0.3, 0.4) is 0 Å². The summed E-state index contributed by atoms with van der Waals surface area (Å²) in [5, 5.41) is 8.11. The summed E-state index contributed by atoms with van der Waals surface area (Å²) in [7, 11) is 3.16. The second-order valence-electron chi connectivity index (χ2n) is 4.49. The Hall–Kier alpha value is -2.28. The Balaban J connectivity index is 2.30. The first-order valence-electron chi connectivity index (χ1n) is 6.69. The number of benzene rings is 1. The van der Waals surface area contributed by atoms with Crippen LogP contribution in [0.25, 0.3) is 0 Å². The molecule has 0 aliphatic heterocycles. The molecular weight excluding hydrogens is 272 g/mol. The maximum absolute atomic E-state index is 5.86. The van der Waals surface area contributed by atoms with Crippen LogP contribution in [0.5, 0.6) is 23.3 Å². The molecule has 0 amide bonds. The average Bonchev–Trinajstić information content (AvgIpc) is 2.89. The molecule has 2 rings (SSSR count). The average molecular weight is 292 g/mol. The van der Waals surface area contributed by atoms with Gasteiger partial charge in [0.1, 0.15) is 5.75 Å². The van der Waals surface area contributed by atoms with E-state index in [9.17, 15) is 0 Å². The fraction of sp³-hybridized carbons (Fsp3) is 0.429. The molecule has 0 aliphatic carbocycles. The van der Waals surface area contributed by atoms with Gasteiger partial charge in [0.05, 0.1) is 20.3 Å². The highest BCUT2D eigenvalue weighted by molar-refractivity contribution is 5.46. The molecule has 0 aliphatic rings. The Morgan fingerprint density at radius 1 is 1.19 bits per heavy atom. The lowest BCUT2D eigenvalue weighted by Crippen LogP contribution is -2.13. The molecule has 1 heterocycles. The Morgan fingerprint density at radius 2 is 1.90 bits per heavy atom. The first-order chi connectivity index (χ1) is 10.1. The third-order valence-electron chi connectivity index (χ3n) is 3.03. The first kappa shape index (κ1) is 15.1. The molecule has 7 heteroatoms. The number of ether oxygens (including phenoxy) is 3. The third kappa shape index (κ3) is 3.08. The van der Waals surface area contributed by atoms with Gasteiger partial charge in [0.25, 0.3) is 0 Å². The minimum atomic E-state index is -0.208. The van der Waals surface area contributed by atoms with Crippen molar-refractivity contribution in [1.29, 1.82) is 0 Å². The highest BCUT2D eigenvalue weighted by Gasteiger charge is 2.16. The van der Waals surface area contributed by atoms with E-state index in [4.69, 9.17) is 19.9 Å². The van der Waals surface area contributed by atoms with Gasteiger partial charge in [-0.05, 0) is 26.0 Å². The Morgan fingerprint density at radius 3 is 2.48 bits per heavy atom. The molecular formula is C14H20N4O3. The van der Waals surface area contributed by atoms with Crippen molar-refractivity contribution in [2.24, 2.45) is 5.73 Å². The minimum absolute atomic E-state index is 0.208. The molecule has 2 aromatic rings. The molecule has 0 unspecified atom stereocenters. The molecule has 0 spiro atoms. The lowest BCUT2D eigenvalue weighted by molar-refractivity contribution is 0.349. The summed E-state index contributed by atoms with van der Waals surface area (Å²) in [4.78, 5) is 0. The van der Waals surface area contributed by atoms with E-state index in [-0.39, 0.29) is 6.04 Å². The summed E-state index contributed by atoms with van der Waals surface area (Å²) >= 11 is 0. The van der Waals surface area contributed by atoms with Gasteiger partial charge in [-0.15, -0.1) is 5.10 Å². The fourth-order valence-electron chi connectivity index (χ4n) is 2.00. The van der Waals surface area contributed by atoms with Gasteiger partial charge in [0, 0.05) is 12.6 Å². The van der Waals surface area contributed by atoms with Crippen molar-refractivity contribution in [2.75, 3.05) is 14.2 Å². The van der Waals surface area contributed by atoms with Gasteiger partial charge in [-0.3, -0.25) is 4.57 Å². The Labute approximate surface area is 123 Å². The van der Waals surface area contributed by atoms with Crippen LogP contribution in [0.2, 0.25) is 0 Å². The summed E-state index contributed by atoms with van der Waals surface area (Å²) in [6.45, 7) is 4.51. The smallest absolute Gasteiger partial charge is 0.322 e. The minimum Gasteiger partial charge on any atom is -0.493 e. The predicted octanol–water partition coefficient (Wildman–Crippen LogP) is 2.13. The maximum Gasteiger partial charge on any atom is 0.322 e. The van der Waals surface area contributed by atoms with Crippen LogP contribution in [0.15, 0.2) is 18.2 Å². The van der Waals surface area contributed by atoms with Gasteiger partial charge in [-0.25, -0.2) is 0 Å². The largest absolute Gasteiger partial charge is 0.493 e. The number of methoxy groups -OCH3 is 2. The predicted molar refractivity (Wildman–Crippen MR) is 77.9 cm³/mol. The van der Waals surface area contributed by atoms with Crippen LogP contribution >= 0.6 is 0 Å². The van der Waals surface area contributed by atoms with Crippen LogP contribution in [-0.2, 0) is 6.54 Å². The topological polar surface area (TPSA) is 84.4 Å². The summed E-state index contributed by atoms with van der Waals surface area (Å²) in [5.41, 5.74) is 5.86. The molecule has 114 valence electrons. The Bertz CT molecular complexity index is 610. The van der Waals surface area contributed by atoms with Crippen LogP contribution in [0, 0.1) is 0 Å². The quantitative estimate of drug-likeness (QED) is 0.878. The number of nitrogens with two attached hydrogens (primary N) is 1. The normalized spacial score (nSPS) is 12.0. The summed E-state index contributed by atoms with van der Waals surface area (Å²) in [6, 6.07) is 5.48. The summed E-state index contributed by atoms with van der Waals surface area (Å²) < 4.78 is 18.0. The lowest BCUT2D eigenvalue weighted by Gasteiger charge is -2.12. The SMILES string of the molecule is CCn1c(Oc2ccc(OC)c(OC)c2)nnc1[C@@H](C)N. The van der Waals surface area contributed by atoms with Crippen molar-refractivity contribution >= 4 is 0 Å². The van der Waals surface area contributed by atoms with E-state index in [0.29, 0.717) is 35.6 Å². The number of hydrogen-bond acceptors (Lipinski definition) is 6. The summed E-state index contributed by atoms with van der Waals surface area (Å²) in [5.74, 6) is 2.50. The highest BCUT2D eigenvalue weighted by atomic mass is 16.5. The van der Waals surface area contributed by atoms with Gasteiger partial charge in [0.2, 0.25) is 0 Å². The van der Waals surface area contributed by atoms with Crippen LogP contribution < -0.4 is 19.9 Å². The number of hydrogen-bond donors (Lipinski definition) is 1. The number of rotatable bonds is 6. The molecule has 1 aromatic heterocycles. The second kappa shape index (κ2) is 6.45. The molecule has 2 N–H and O–H groups in total. The van der Waals surface area contributed by atoms with Crippen LogP contribution in [0.4, 0.5) is 0 Å². The maximum atomic E-state index is 5.86. The zero-order chi connectivity index (χ0) is 15.4. The summed E-state index contributed by atoms with van der Waals surface area (Å²) in [6.07, 6.45) is 0. The number of aromatic nitrogens is 3. The molecule has 1 aromatic carbocycles. The van der Waals surface area contributed by atoms with Crippen molar-refractivity contribution in [3.05, 3.63) is 24.0 Å². The van der Waals surface area contributed by atoms with E-state index in [1.807, 2.05) is 18.4 Å². The van der Waals surface area contributed by atoms with Crippen molar-refractivity contribution in [3.8, 4) is 23.3 Å². The fourth-order valence-corrected chi connectivity index (χ4v) is 2.00. The monoisotopic (exact) mass is 292 g/mol. The third-order valence-corrected chi connectivity index (χ3v) is 3.03. The van der Waals surface area contributed by atoms with Gasteiger partial charge >= 0.3 is 6.01 Å². The zero-order valence-electron chi connectivity index (χ0n) is 12.7. The first-order valence-corrected chi connectivity index (χ1v) is 6.69. The standard InChI is InChI=1S/C14H20N4O3/c1-5-18-13(9(2)15)16-17-14(18)21-10-6-7-11(19-3)12(8-10)20-4/h6-9H,5,15H2,1-4H3/t9-/m1/s1. The van der Waals surface area contributed by atoms with E-state index in [1.165, 1.54) is 0 Å². The molecule has 0 fully saturated rings. The van der Waals surface area contributed by atoms with E-state index < -0.39 is 0 Å². The molecule has 7 nitrogen and oxygen atoms in total. The van der Waals surface area contributed by atoms with Crippen LogP contribution in [-0.4, -0.2) is 29.0 Å². The van der Waals surface area contributed by atoms with Gasteiger partial charge < -0.3 is 19.9 Å². The second-order valence-corrected chi connectivity index (χ2v) is 4.49. The highest BCUT2D eigenvalue weighted by Crippen LogP contribution is 2.32. The van der Waals surface area contributed by atoms with Crippen molar-refractivity contribution < 1.29 is 14.2 Å². The van der Waals surface area contributed by atoms with E-state index >= 15 is 0 Å².